The molecule has 2 aromatic carbocycles. The Kier molecular flexibility index (Phi) is 6.42. The van der Waals surface area contributed by atoms with Gasteiger partial charge in [-0.2, -0.15) is 0 Å². The number of nitrogens with one attached hydrogen (secondary N) is 1. The number of anilines is 1. The van der Waals surface area contributed by atoms with Gasteiger partial charge in [-0.15, -0.1) is 0 Å². The quantitative estimate of drug-likeness (QED) is 0.686. The molecule has 5 heteroatoms. The number of amides is 2. The Hall–Kier alpha value is -2.92. The molecule has 1 aliphatic heterocycles. The minimum atomic E-state index is -0.320. The smallest absolute Gasteiger partial charge is 0.278 e. The average molecular weight is 407 g/mol. The van der Waals surface area contributed by atoms with Crippen LogP contribution in [-0.2, 0) is 14.3 Å². The number of aryl methyl sites for hydroxylation is 4. The summed E-state index contributed by atoms with van der Waals surface area (Å²) >= 11 is 0. The molecule has 2 aromatic rings. The Morgan fingerprint density at radius 1 is 0.900 bits per heavy atom. The summed E-state index contributed by atoms with van der Waals surface area (Å²) in [5.41, 5.74) is 6.66. The fraction of sp³-hybridized carbons (Fsp3) is 0.360. The molecular formula is C25H30N2O3. The molecule has 30 heavy (non-hydrogen) atoms. The predicted octanol–water partition coefficient (Wildman–Crippen LogP) is 4.54. The highest BCUT2D eigenvalue weighted by molar-refractivity contribution is 6.36. The number of carbonyl (C=O) groups excluding carboxylic acids is 2. The highest BCUT2D eigenvalue weighted by atomic mass is 16.5. The van der Waals surface area contributed by atoms with Gasteiger partial charge in [-0.1, -0.05) is 24.3 Å². The van der Waals surface area contributed by atoms with E-state index < -0.39 is 0 Å². The second-order valence-corrected chi connectivity index (χ2v) is 8.23. The van der Waals surface area contributed by atoms with Crippen LogP contribution in [0.3, 0.4) is 0 Å². The van der Waals surface area contributed by atoms with E-state index in [4.69, 9.17) is 4.74 Å². The normalized spacial score (nSPS) is 14.3. The van der Waals surface area contributed by atoms with E-state index in [-0.39, 0.29) is 24.5 Å². The predicted molar refractivity (Wildman–Crippen MR) is 120 cm³/mol. The van der Waals surface area contributed by atoms with E-state index in [2.05, 4.69) is 11.4 Å². The lowest BCUT2D eigenvalue weighted by molar-refractivity contribution is -0.137. The van der Waals surface area contributed by atoms with Crippen LogP contribution in [0.2, 0.25) is 0 Å². The first kappa shape index (κ1) is 21.8. The van der Waals surface area contributed by atoms with Crippen LogP contribution >= 0.6 is 0 Å². The van der Waals surface area contributed by atoms with E-state index in [1.807, 2.05) is 71.9 Å². The molecular weight excluding hydrogens is 376 g/mol. The molecule has 0 saturated heterocycles. The van der Waals surface area contributed by atoms with Crippen LogP contribution in [0.1, 0.15) is 41.7 Å². The second kappa shape index (κ2) is 8.84. The van der Waals surface area contributed by atoms with Crippen molar-refractivity contribution in [2.45, 2.75) is 47.6 Å². The average Bonchev–Trinajstić information content (AvgIpc) is 2.87. The fourth-order valence-corrected chi connectivity index (χ4v) is 3.63. The summed E-state index contributed by atoms with van der Waals surface area (Å²) in [6.45, 7) is 12.4. The standard InChI is InChI=1S/C25H30N2O3/c1-15(2)30-10-9-27-24(28)22(20-8-7-18(5)19(6)14-20)23(25(27)29)26-21-12-16(3)11-17(4)13-21/h7-8,11-15,26H,9-10H2,1-6H3. The number of hydrogen-bond acceptors (Lipinski definition) is 4. The molecule has 0 unspecified atom stereocenters. The van der Waals surface area contributed by atoms with E-state index in [1.54, 1.807) is 0 Å². The Labute approximate surface area is 178 Å². The number of ether oxygens (including phenoxy) is 1. The lowest BCUT2D eigenvalue weighted by atomic mass is 9.99. The summed E-state index contributed by atoms with van der Waals surface area (Å²) in [6, 6.07) is 11.9. The number of imide groups is 1. The van der Waals surface area contributed by atoms with E-state index >= 15 is 0 Å². The molecule has 0 aromatic heterocycles. The molecule has 0 bridgehead atoms. The van der Waals surface area contributed by atoms with Crippen molar-refractivity contribution in [3.63, 3.8) is 0 Å². The van der Waals surface area contributed by atoms with Gasteiger partial charge in [-0.3, -0.25) is 14.5 Å². The molecule has 0 aliphatic carbocycles. The third kappa shape index (κ3) is 4.62. The van der Waals surface area contributed by atoms with Crippen LogP contribution in [0, 0.1) is 27.7 Å². The van der Waals surface area contributed by atoms with Gasteiger partial charge >= 0.3 is 0 Å². The van der Waals surface area contributed by atoms with E-state index in [1.165, 1.54) is 4.90 Å². The van der Waals surface area contributed by atoms with Gasteiger partial charge in [-0.05, 0) is 81.5 Å². The van der Waals surface area contributed by atoms with Gasteiger partial charge in [-0.25, -0.2) is 0 Å². The first-order valence-electron chi connectivity index (χ1n) is 10.3. The molecule has 1 heterocycles. The SMILES string of the molecule is Cc1cc(C)cc(NC2=C(c3ccc(C)c(C)c3)C(=O)N(CCOC(C)C)C2=O)c1. The van der Waals surface area contributed by atoms with Gasteiger partial charge < -0.3 is 10.1 Å². The summed E-state index contributed by atoms with van der Waals surface area (Å²) in [4.78, 5) is 27.8. The van der Waals surface area contributed by atoms with Crippen molar-refractivity contribution in [1.29, 1.82) is 0 Å². The molecule has 2 amide bonds. The first-order valence-corrected chi connectivity index (χ1v) is 10.3. The maximum absolute atomic E-state index is 13.3. The zero-order valence-corrected chi connectivity index (χ0v) is 18.6. The number of hydrogen-bond donors (Lipinski definition) is 1. The van der Waals surface area contributed by atoms with Gasteiger partial charge in [0.1, 0.15) is 5.70 Å². The molecule has 0 radical (unpaired) electrons. The van der Waals surface area contributed by atoms with Crippen molar-refractivity contribution < 1.29 is 14.3 Å². The van der Waals surface area contributed by atoms with Crippen molar-refractivity contribution in [3.8, 4) is 0 Å². The van der Waals surface area contributed by atoms with E-state index in [0.29, 0.717) is 17.9 Å². The van der Waals surface area contributed by atoms with Crippen LogP contribution in [0.25, 0.3) is 5.57 Å². The van der Waals surface area contributed by atoms with Crippen LogP contribution in [-0.4, -0.2) is 36.0 Å². The van der Waals surface area contributed by atoms with Gasteiger partial charge in [0.25, 0.3) is 11.8 Å². The van der Waals surface area contributed by atoms with Crippen molar-refractivity contribution in [3.05, 3.63) is 69.9 Å². The van der Waals surface area contributed by atoms with Gasteiger partial charge in [0.15, 0.2) is 0 Å². The third-order valence-electron chi connectivity index (χ3n) is 5.22. The maximum Gasteiger partial charge on any atom is 0.278 e. The maximum atomic E-state index is 13.3. The van der Waals surface area contributed by atoms with Crippen molar-refractivity contribution in [1.82, 2.24) is 4.90 Å². The van der Waals surface area contributed by atoms with Crippen LogP contribution in [0.4, 0.5) is 5.69 Å². The van der Waals surface area contributed by atoms with Crippen molar-refractivity contribution in [2.75, 3.05) is 18.5 Å². The topological polar surface area (TPSA) is 58.6 Å². The fourth-order valence-electron chi connectivity index (χ4n) is 3.63. The number of benzene rings is 2. The Morgan fingerprint density at radius 3 is 2.17 bits per heavy atom. The molecule has 1 N–H and O–H groups in total. The lowest BCUT2D eigenvalue weighted by Gasteiger charge is -2.16. The second-order valence-electron chi connectivity index (χ2n) is 8.23. The highest BCUT2D eigenvalue weighted by Gasteiger charge is 2.39. The Bertz CT molecular complexity index is 1000. The van der Waals surface area contributed by atoms with Crippen LogP contribution < -0.4 is 5.32 Å². The zero-order chi connectivity index (χ0) is 22.0. The van der Waals surface area contributed by atoms with Crippen molar-refractivity contribution in [2.24, 2.45) is 0 Å². The van der Waals surface area contributed by atoms with Gasteiger partial charge in [0.05, 0.1) is 24.8 Å². The minimum absolute atomic E-state index is 0.0397. The van der Waals surface area contributed by atoms with Gasteiger partial charge in [0.2, 0.25) is 0 Å². The van der Waals surface area contributed by atoms with Gasteiger partial charge in [0, 0.05) is 5.69 Å². The largest absolute Gasteiger partial charge is 0.377 e. The molecule has 0 fully saturated rings. The third-order valence-corrected chi connectivity index (χ3v) is 5.22. The monoisotopic (exact) mass is 406 g/mol. The number of nitrogens with zero attached hydrogens (tertiary/aromatic N) is 1. The lowest BCUT2D eigenvalue weighted by Crippen LogP contribution is -2.35. The Balaban J connectivity index is 2.02. The number of rotatable bonds is 7. The molecule has 3 rings (SSSR count). The molecule has 1 aliphatic rings. The highest BCUT2D eigenvalue weighted by Crippen LogP contribution is 2.31. The Morgan fingerprint density at radius 2 is 1.57 bits per heavy atom. The number of carbonyl (C=O) groups is 2. The van der Waals surface area contributed by atoms with E-state index in [9.17, 15) is 9.59 Å². The zero-order valence-electron chi connectivity index (χ0n) is 18.6. The molecule has 0 spiro atoms. The van der Waals surface area contributed by atoms with Crippen LogP contribution in [0.5, 0.6) is 0 Å². The molecule has 158 valence electrons. The summed E-state index contributed by atoms with van der Waals surface area (Å²) < 4.78 is 5.58. The molecule has 5 nitrogen and oxygen atoms in total. The summed E-state index contributed by atoms with van der Waals surface area (Å²) in [5, 5.41) is 3.24. The van der Waals surface area contributed by atoms with E-state index in [0.717, 1.165) is 33.5 Å². The molecule has 0 atom stereocenters. The summed E-state index contributed by atoms with van der Waals surface area (Å²) in [6.07, 6.45) is 0.0397. The summed E-state index contributed by atoms with van der Waals surface area (Å²) in [7, 11) is 0. The van der Waals surface area contributed by atoms with Crippen molar-refractivity contribution >= 4 is 23.1 Å². The molecule has 0 saturated carbocycles. The summed E-state index contributed by atoms with van der Waals surface area (Å²) in [5.74, 6) is -0.609. The van der Waals surface area contributed by atoms with Crippen LogP contribution in [0.15, 0.2) is 42.1 Å². The first-order chi connectivity index (χ1) is 14.2. The minimum Gasteiger partial charge on any atom is -0.377 e.